The zero-order chi connectivity index (χ0) is 9.56. The highest BCUT2D eigenvalue weighted by molar-refractivity contribution is 5.23. The van der Waals surface area contributed by atoms with Crippen LogP contribution >= 0.6 is 0 Å². The molecule has 0 heteroatoms. The van der Waals surface area contributed by atoms with Gasteiger partial charge in [-0.15, -0.1) is 0 Å². The van der Waals surface area contributed by atoms with E-state index in [-0.39, 0.29) is 14.9 Å². The second-order valence-corrected chi connectivity index (χ2v) is 3.07. The fourth-order valence-corrected chi connectivity index (χ4v) is 0.951. The van der Waals surface area contributed by atoms with Crippen molar-refractivity contribution < 1.29 is 0 Å². The molecular weight excluding hydrogens is 168 g/mol. The van der Waals surface area contributed by atoms with Crippen LogP contribution in [0.15, 0.2) is 24.3 Å². The number of hydrogen-bond acceptors (Lipinski definition) is 0. The van der Waals surface area contributed by atoms with Crippen LogP contribution in [0.1, 0.15) is 59.6 Å². The maximum absolute atomic E-state index is 2.21. The Morgan fingerprint density at radius 1 is 0.857 bits per heavy atom. The van der Waals surface area contributed by atoms with E-state index < -0.39 is 0 Å². The van der Waals surface area contributed by atoms with Gasteiger partial charge in [-0.3, -0.25) is 0 Å². The largest absolute Gasteiger partial charge is 0.0776 e. The first-order valence-electron chi connectivity index (χ1n) is 4.76. The van der Waals surface area contributed by atoms with Crippen molar-refractivity contribution in [1.29, 1.82) is 0 Å². The monoisotopic (exact) mass is 196 g/mol. The molecule has 0 aliphatic carbocycles. The molecule has 1 aromatic rings. The molecule has 1 rings (SSSR count). The number of benzene rings is 1. The molecule has 0 heterocycles. The summed E-state index contributed by atoms with van der Waals surface area (Å²) in [5.41, 5.74) is 2.76. The average Bonchev–Trinajstić information content (AvgIpc) is 2.09. The molecule has 0 nitrogen and oxygen atoms in total. The second-order valence-electron chi connectivity index (χ2n) is 3.07. The number of aryl methyl sites for hydroxylation is 1. The fraction of sp³-hybridized carbons (Fsp3) is 0.571. The number of hydrogen-bond donors (Lipinski definition) is 0. The lowest BCUT2D eigenvalue weighted by molar-refractivity contribution is 0.866. The topological polar surface area (TPSA) is 0 Å². The summed E-state index contributed by atoms with van der Waals surface area (Å²) in [6.07, 6.45) is 0. The highest BCUT2D eigenvalue weighted by Gasteiger charge is 1.95. The van der Waals surface area contributed by atoms with Crippen LogP contribution in [0.25, 0.3) is 0 Å². The zero-order valence-corrected chi connectivity index (χ0v) is 8.89. The summed E-state index contributed by atoms with van der Waals surface area (Å²) < 4.78 is 0. The third-order valence-electron chi connectivity index (χ3n) is 1.74. The van der Waals surface area contributed by atoms with E-state index in [2.05, 4.69) is 45.0 Å². The van der Waals surface area contributed by atoms with Crippen LogP contribution in [0.2, 0.25) is 0 Å². The van der Waals surface area contributed by atoms with Crippen LogP contribution in [0.4, 0.5) is 0 Å². The predicted molar refractivity (Wildman–Crippen MR) is 70.1 cm³/mol. The van der Waals surface area contributed by atoms with Crippen molar-refractivity contribution in [3.63, 3.8) is 0 Å². The maximum atomic E-state index is 2.21. The SMILES string of the molecule is C.C.CC.Cc1ccc(C(C)C)cc1. The van der Waals surface area contributed by atoms with Gasteiger partial charge >= 0.3 is 0 Å². The van der Waals surface area contributed by atoms with Crippen molar-refractivity contribution in [3.8, 4) is 0 Å². The predicted octanol–water partition coefficient (Wildman–Crippen LogP) is 5.42. The van der Waals surface area contributed by atoms with Gasteiger partial charge in [-0.2, -0.15) is 0 Å². The summed E-state index contributed by atoms with van der Waals surface area (Å²) in [6.45, 7) is 10.5. The van der Waals surface area contributed by atoms with Gasteiger partial charge in [-0.25, -0.2) is 0 Å². The van der Waals surface area contributed by atoms with Crippen LogP contribution in [0.3, 0.4) is 0 Å². The first-order chi connectivity index (χ1) is 5.70. The minimum atomic E-state index is 0. The van der Waals surface area contributed by atoms with E-state index >= 15 is 0 Å². The molecule has 0 amide bonds. The van der Waals surface area contributed by atoms with E-state index in [1.807, 2.05) is 13.8 Å². The minimum Gasteiger partial charge on any atom is -0.0776 e. The summed E-state index contributed by atoms with van der Waals surface area (Å²) in [4.78, 5) is 0. The Hall–Kier alpha value is -0.780. The molecule has 0 fully saturated rings. The van der Waals surface area contributed by atoms with Crippen molar-refractivity contribution in [2.45, 2.75) is 55.4 Å². The Bertz CT molecular complexity index is 194. The molecule has 14 heavy (non-hydrogen) atoms. The van der Waals surface area contributed by atoms with Crippen molar-refractivity contribution >= 4 is 0 Å². The smallest absolute Gasteiger partial charge is 0.0219 e. The summed E-state index contributed by atoms with van der Waals surface area (Å²) in [7, 11) is 0. The first kappa shape index (κ1) is 18.9. The molecule has 0 saturated carbocycles. The van der Waals surface area contributed by atoms with Gasteiger partial charge in [0.25, 0.3) is 0 Å². The Kier molecular flexibility index (Phi) is 13.9. The van der Waals surface area contributed by atoms with E-state index in [1.54, 1.807) is 0 Å². The Morgan fingerprint density at radius 2 is 1.21 bits per heavy atom. The van der Waals surface area contributed by atoms with Gasteiger partial charge in [-0.1, -0.05) is 72.4 Å². The minimum absolute atomic E-state index is 0. The Morgan fingerprint density at radius 3 is 1.50 bits per heavy atom. The normalized spacial score (nSPS) is 7.86. The quantitative estimate of drug-likeness (QED) is 0.563. The molecule has 0 aromatic heterocycles. The van der Waals surface area contributed by atoms with E-state index in [4.69, 9.17) is 0 Å². The Balaban J connectivity index is -0.000000284. The molecule has 0 saturated heterocycles. The lowest BCUT2D eigenvalue weighted by Gasteiger charge is -2.03. The lowest BCUT2D eigenvalue weighted by Crippen LogP contribution is -1.85. The highest BCUT2D eigenvalue weighted by Crippen LogP contribution is 2.13. The van der Waals surface area contributed by atoms with Crippen LogP contribution < -0.4 is 0 Å². The molecule has 0 aliphatic rings. The third-order valence-corrected chi connectivity index (χ3v) is 1.74. The number of rotatable bonds is 1. The van der Waals surface area contributed by atoms with Crippen LogP contribution in [0.5, 0.6) is 0 Å². The molecule has 0 unspecified atom stereocenters. The van der Waals surface area contributed by atoms with Crippen molar-refractivity contribution in [2.24, 2.45) is 0 Å². The molecule has 0 N–H and O–H groups in total. The van der Waals surface area contributed by atoms with Crippen LogP contribution in [0, 0.1) is 6.92 Å². The van der Waals surface area contributed by atoms with Gasteiger partial charge in [0.2, 0.25) is 0 Å². The first-order valence-corrected chi connectivity index (χ1v) is 4.76. The van der Waals surface area contributed by atoms with Crippen LogP contribution in [-0.2, 0) is 0 Å². The molecule has 1 aromatic carbocycles. The lowest BCUT2D eigenvalue weighted by atomic mass is 10.0. The van der Waals surface area contributed by atoms with Crippen molar-refractivity contribution in [3.05, 3.63) is 35.4 Å². The van der Waals surface area contributed by atoms with Gasteiger partial charge < -0.3 is 0 Å². The van der Waals surface area contributed by atoms with Gasteiger partial charge in [0.15, 0.2) is 0 Å². The van der Waals surface area contributed by atoms with Crippen molar-refractivity contribution in [2.75, 3.05) is 0 Å². The van der Waals surface area contributed by atoms with Gasteiger partial charge in [0, 0.05) is 0 Å². The fourth-order valence-electron chi connectivity index (χ4n) is 0.951. The Labute approximate surface area is 91.4 Å². The van der Waals surface area contributed by atoms with Gasteiger partial charge in [0.1, 0.15) is 0 Å². The highest BCUT2D eigenvalue weighted by atomic mass is 14.0. The molecule has 0 spiro atoms. The van der Waals surface area contributed by atoms with E-state index in [1.165, 1.54) is 11.1 Å². The van der Waals surface area contributed by atoms with E-state index in [0.29, 0.717) is 5.92 Å². The van der Waals surface area contributed by atoms with Gasteiger partial charge in [-0.05, 0) is 18.4 Å². The van der Waals surface area contributed by atoms with E-state index in [0.717, 1.165) is 0 Å². The summed E-state index contributed by atoms with van der Waals surface area (Å²) in [5, 5.41) is 0. The third kappa shape index (κ3) is 6.71. The second kappa shape index (κ2) is 10.3. The molecule has 84 valence electrons. The van der Waals surface area contributed by atoms with Crippen LogP contribution in [-0.4, -0.2) is 0 Å². The van der Waals surface area contributed by atoms with E-state index in [9.17, 15) is 0 Å². The average molecular weight is 196 g/mol. The maximum Gasteiger partial charge on any atom is -0.0219 e. The summed E-state index contributed by atoms with van der Waals surface area (Å²) >= 11 is 0. The van der Waals surface area contributed by atoms with Crippen molar-refractivity contribution in [1.82, 2.24) is 0 Å². The summed E-state index contributed by atoms with van der Waals surface area (Å²) in [6, 6.07) is 8.71. The van der Waals surface area contributed by atoms with Gasteiger partial charge in [0.05, 0.1) is 0 Å². The molecule has 0 bridgehead atoms. The molecule has 0 atom stereocenters. The zero-order valence-electron chi connectivity index (χ0n) is 8.89. The molecule has 0 radical (unpaired) electrons. The standard InChI is InChI=1S/C10H14.C2H6.2CH4/c1-8(2)10-6-4-9(3)5-7-10;1-2;;/h4-8H,1-3H3;1-2H3;2*1H4. The summed E-state index contributed by atoms with van der Waals surface area (Å²) in [5.74, 6) is 0.653. The molecule has 0 aliphatic heterocycles. The molecular formula is C14H28.